The smallest absolute Gasteiger partial charge is 0.184 e. The second-order valence-electron chi connectivity index (χ2n) is 2.40. The Balaban J connectivity index is 2.50. The molecule has 0 bridgehead atoms. The SMILES string of the molecule is CC[C@@H](CO)Nc1ncc(Br)s1. The van der Waals surface area contributed by atoms with Crippen molar-refractivity contribution in [3.63, 3.8) is 0 Å². The van der Waals surface area contributed by atoms with Gasteiger partial charge in [0.1, 0.15) is 0 Å². The molecule has 1 atom stereocenters. The minimum Gasteiger partial charge on any atom is -0.394 e. The van der Waals surface area contributed by atoms with E-state index in [0.29, 0.717) is 0 Å². The van der Waals surface area contributed by atoms with Gasteiger partial charge < -0.3 is 10.4 Å². The van der Waals surface area contributed by atoms with E-state index in [1.54, 1.807) is 6.20 Å². The second-order valence-corrected chi connectivity index (χ2v) is 4.81. The molecule has 0 radical (unpaired) electrons. The van der Waals surface area contributed by atoms with E-state index in [0.717, 1.165) is 15.3 Å². The number of aromatic nitrogens is 1. The minimum absolute atomic E-state index is 0.114. The van der Waals surface area contributed by atoms with Crippen LogP contribution in [0, 0.1) is 0 Å². The number of aliphatic hydroxyl groups is 1. The van der Waals surface area contributed by atoms with Crippen molar-refractivity contribution in [2.24, 2.45) is 0 Å². The van der Waals surface area contributed by atoms with Gasteiger partial charge in [-0.3, -0.25) is 0 Å². The minimum atomic E-state index is 0.114. The summed E-state index contributed by atoms with van der Waals surface area (Å²) in [5.41, 5.74) is 0. The van der Waals surface area contributed by atoms with Crippen molar-refractivity contribution in [3.05, 3.63) is 9.98 Å². The molecule has 1 heterocycles. The summed E-state index contributed by atoms with van der Waals surface area (Å²) < 4.78 is 0.998. The van der Waals surface area contributed by atoms with E-state index in [2.05, 4.69) is 26.2 Å². The molecule has 1 aromatic rings. The maximum Gasteiger partial charge on any atom is 0.184 e. The zero-order valence-electron chi connectivity index (χ0n) is 6.75. The van der Waals surface area contributed by atoms with Crippen LogP contribution in [-0.2, 0) is 0 Å². The lowest BCUT2D eigenvalue weighted by Gasteiger charge is -2.11. The van der Waals surface area contributed by atoms with E-state index < -0.39 is 0 Å². The van der Waals surface area contributed by atoms with Crippen LogP contribution in [0.4, 0.5) is 5.13 Å². The molecule has 3 nitrogen and oxygen atoms in total. The number of hydrogen-bond donors (Lipinski definition) is 2. The quantitative estimate of drug-likeness (QED) is 0.861. The molecule has 0 spiro atoms. The summed E-state index contributed by atoms with van der Waals surface area (Å²) >= 11 is 4.85. The van der Waals surface area contributed by atoms with Crippen LogP contribution in [0.2, 0.25) is 0 Å². The third-order valence-corrected chi connectivity index (χ3v) is 2.93. The Kier molecular flexibility index (Phi) is 3.97. The maximum atomic E-state index is 8.90. The van der Waals surface area contributed by atoms with Gasteiger partial charge in [0.05, 0.1) is 22.6 Å². The van der Waals surface area contributed by atoms with Crippen LogP contribution in [0.3, 0.4) is 0 Å². The molecule has 0 aliphatic heterocycles. The van der Waals surface area contributed by atoms with Crippen molar-refractivity contribution in [3.8, 4) is 0 Å². The van der Waals surface area contributed by atoms with E-state index in [1.165, 1.54) is 11.3 Å². The Hall–Kier alpha value is -0.130. The van der Waals surface area contributed by atoms with Crippen molar-refractivity contribution >= 4 is 32.4 Å². The van der Waals surface area contributed by atoms with Crippen molar-refractivity contribution in [1.82, 2.24) is 4.98 Å². The average Bonchev–Trinajstić information content (AvgIpc) is 2.47. The lowest BCUT2D eigenvalue weighted by atomic mass is 10.2. The largest absolute Gasteiger partial charge is 0.394 e. The van der Waals surface area contributed by atoms with E-state index in [-0.39, 0.29) is 12.6 Å². The lowest BCUT2D eigenvalue weighted by Crippen LogP contribution is -2.22. The van der Waals surface area contributed by atoms with Gasteiger partial charge in [0, 0.05) is 0 Å². The van der Waals surface area contributed by atoms with Crippen molar-refractivity contribution in [1.29, 1.82) is 0 Å². The molecule has 0 aliphatic rings. The zero-order chi connectivity index (χ0) is 8.97. The van der Waals surface area contributed by atoms with Gasteiger partial charge in [0.15, 0.2) is 5.13 Å². The molecule has 0 fully saturated rings. The predicted molar refractivity (Wildman–Crippen MR) is 54.6 cm³/mol. The molecule has 0 unspecified atom stereocenters. The first-order valence-corrected chi connectivity index (χ1v) is 5.36. The lowest BCUT2D eigenvalue weighted by molar-refractivity contribution is 0.272. The van der Waals surface area contributed by atoms with Crippen molar-refractivity contribution in [2.75, 3.05) is 11.9 Å². The highest BCUT2D eigenvalue weighted by atomic mass is 79.9. The third kappa shape index (κ3) is 2.73. The number of anilines is 1. The van der Waals surface area contributed by atoms with Crippen LogP contribution in [0.1, 0.15) is 13.3 Å². The molecule has 0 saturated heterocycles. The molecule has 1 aromatic heterocycles. The normalized spacial score (nSPS) is 12.9. The molecule has 1 rings (SSSR count). The fourth-order valence-electron chi connectivity index (χ4n) is 0.773. The van der Waals surface area contributed by atoms with Crippen LogP contribution < -0.4 is 5.32 Å². The van der Waals surface area contributed by atoms with E-state index in [9.17, 15) is 0 Å². The highest BCUT2D eigenvalue weighted by Gasteiger charge is 2.06. The maximum absolute atomic E-state index is 8.90. The van der Waals surface area contributed by atoms with Crippen LogP contribution in [0.15, 0.2) is 9.98 Å². The summed E-state index contributed by atoms with van der Waals surface area (Å²) in [6.07, 6.45) is 2.64. The first-order valence-electron chi connectivity index (χ1n) is 3.75. The summed E-state index contributed by atoms with van der Waals surface area (Å²) in [5.74, 6) is 0. The summed E-state index contributed by atoms with van der Waals surface area (Å²) in [7, 11) is 0. The number of rotatable bonds is 4. The topological polar surface area (TPSA) is 45.1 Å². The first kappa shape index (κ1) is 9.95. The Labute approximate surface area is 84.0 Å². The van der Waals surface area contributed by atoms with Crippen molar-refractivity contribution in [2.45, 2.75) is 19.4 Å². The Morgan fingerprint density at radius 3 is 3.00 bits per heavy atom. The van der Waals surface area contributed by atoms with Gasteiger partial charge in [0.25, 0.3) is 0 Å². The van der Waals surface area contributed by atoms with Crippen LogP contribution >= 0.6 is 27.3 Å². The predicted octanol–water partition coefficient (Wildman–Crippen LogP) is 2.09. The van der Waals surface area contributed by atoms with Crippen molar-refractivity contribution < 1.29 is 5.11 Å². The van der Waals surface area contributed by atoms with Gasteiger partial charge in [-0.2, -0.15) is 0 Å². The monoisotopic (exact) mass is 250 g/mol. The van der Waals surface area contributed by atoms with Gasteiger partial charge in [0.2, 0.25) is 0 Å². The van der Waals surface area contributed by atoms with Gasteiger partial charge in [-0.05, 0) is 22.4 Å². The van der Waals surface area contributed by atoms with E-state index in [4.69, 9.17) is 5.11 Å². The summed E-state index contributed by atoms with van der Waals surface area (Å²) in [5, 5.41) is 12.9. The molecule has 0 saturated carbocycles. The van der Waals surface area contributed by atoms with Crippen LogP contribution in [-0.4, -0.2) is 22.7 Å². The molecule has 12 heavy (non-hydrogen) atoms. The number of hydrogen-bond acceptors (Lipinski definition) is 4. The number of thiazole rings is 1. The second kappa shape index (κ2) is 4.79. The fourth-order valence-corrected chi connectivity index (χ4v) is 1.96. The molecule has 68 valence electrons. The van der Waals surface area contributed by atoms with Gasteiger partial charge in [-0.25, -0.2) is 4.98 Å². The highest BCUT2D eigenvalue weighted by molar-refractivity contribution is 9.11. The standard InChI is InChI=1S/C7H11BrN2OS/c1-2-5(4-11)10-7-9-3-6(8)12-7/h3,5,11H,2,4H2,1H3,(H,9,10)/t5-/m0/s1. The van der Waals surface area contributed by atoms with Crippen LogP contribution in [0.5, 0.6) is 0 Å². The molecule has 0 aliphatic carbocycles. The number of halogens is 1. The molecule has 5 heteroatoms. The Morgan fingerprint density at radius 1 is 1.83 bits per heavy atom. The third-order valence-electron chi connectivity index (χ3n) is 1.52. The Morgan fingerprint density at radius 2 is 2.58 bits per heavy atom. The molecular weight excluding hydrogens is 240 g/mol. The fraction of sp³-hybridized carbons (Fsp3) is 0.571. The highest BCUT2D eigenvalue weighted by Crippen LogP contribution is 2.23. The number of nitrogens with zero attached hydrogens (tertiary/aromatic N) is 1. The zero-order valence-corrected chi connectivity index (χ0v) is 9.15. The first-order chi connectivity index (χ1) is 5.76. The number of aliphatic hydroxyl groups excluding tert-OH is 1. The van der Waals surface area contributed by atoms with Gasteiger partial charge in [-0.1, -0.05) is 18.3 Å². The van der Waals surface area contributed by atoms with Gasteiger partial charge >= 0.3 is 0 Å². The Bertz CT molecular complexity index is 237. The molecule has 2 N–H and O–H groups in total. The molecular formula is C7H11BrN2OS. The summed E-state index contributed by atoms with van der Waals surface area (Å²) in [4.78, 5) is 4.10. The van der Waals surface area contributed by atoms with Gasteiger partial charge in [-0.15, -0.1) is 0 Å². The summed E-state index contributed by atoms with van der Waals surface area (Å²) in [6.45, 7) is 2.17. The molecule has 0 amide bonds. The number of nitrogens with one attached hydrogen (secondary N) is 1. The van der Waals surface area contributed by atoms with Crippen LogP contribution in [0.25, 0.3) is 0 Å². The van der Waals surface area contributed by atoms with E-state index in [1.807, 2.05) is 6.92 Å². The van der Waals surface area contributed by atoms with E-state index >= 15 is 0 Å². The summed E-state index contributed by atoms with van der Waals surface area (Å²) in [6, 6.07) is 0.114. The average molecular weight is 251 g/mol. The molecule has 0 aromatic carbocycles.